The third-order valence-electron chi connectivity index (χ3n) is 3.39. The Morgan fingerprint density at radius 2 is 2.05 bits per heavy atom. The number of Topliss-reactive ketones (excluding diaryl/α,β-unsaturated/α-hetero) is 1. The molecule has 0 saturated heterocycles. The highest BCUT2D eigenvalue weighted by atomic mass is 16.1. The van der Waals surface area contributed by atoms with Crippen molar-refractivity contribution in [1.29, 1.82) is 0 Å². The van der Waals surface area contributed by atoms with Gasteiger partial charge >= 0.3 is 0 Å². The lowest BCUT2D eigenvalue weighted by molar-refractivity contribution is -0.117. The quantitative estimate of drug-likeness (QED) is 0.484. The van der Waals surface area contributed by atoms with Crippen molar-refractivity contribution in [2.45, 2.75) is 52.9 Å². The van der Waals surface area contributed by atoms with Gasteiger partial charge in [0, 0.05) is 12.3 Å². The van der Waals surface area contributed by atoms with E-state index in [0.717, 1.165) is 12.3 Å². The Hall–Kier alpha value is -1.29. The molecule has 1 fully saturated rings. The van der Waals surface area contributed by atoms with Crippen LogP contribution >= 0.6 is 0 Å². The highest BCUT2D eigenvalue weighted by Crippen LogP contribution is 2.35. The molecule has 1 rings (SSSR count). The van der Waals surface area contributed by atoms with Gasteiger partial charge < -0.3 is 4.79 Å². The lowest BCUT2D eigenvalue weighted by atomic mass is 10.0. The standard InChI is InChI=1S/C18H26O/c1-15(10-11-17(3)19)8-6-4-5-7-9-16(2)14-18-12-13-18/h4-5,7,9,15-16,18H,10-14H2,1-3H3/b5-4+,9-7+/t15-,16+/m1/s1. The number of hydrogen-bond donors (Lipinski definition) is 0. The zero-order chi connectivity index (χ0) is 14.1. The zero-order valence-electron chi connectivity index (χ0n) is 12.5. The van der Waals surface area contributed by atoms with Gasteiger partial charge in [-0.2, -0.15) is 0 Å². The van der Waals surface area contributed by atoms with E-state index in [4.69, 9.17) is 0 Å². The summed E-state index contributed by atoms with van der Waals surface area (Å²) < 4.78 is 0. The average molecular weight is 258 g/mol. The van der Waals surface area contributed by atoms with Crippen molar-refractivity contribution in [3.05, 3.63) is 24.3 Å². The topological polar surface area (TPSA) is 17.1 Å². The van der Waals surface area contributed by atoms with E-state index in [9.17, 15) is 4.79 Å². The Morgan fingerprint density at radius 1 is 1.32 bits per heavy atom. The predicted molar refractivity (Wildman–Crippen MR) is 81.6 cm³/mol. The molecule has 0 bridgehead atoms. The van der Waals surface area contributed by atoms with Crippen molar-refractivity contribution in [3.8, 4) is 11.8 Å². The molecule has 1 aliphatic rings. The van der Waals surface area contributed by atoms with Crippen LogP contribution in [0.2, 0.25) is 0 Å². The van der Waals surface area contributed by atoms with E-state index in [0.29, 0.717) is 18.3 Å². The van der Waals surface area contributed by atoms with E-state index in [2.05, 4.69) is 37.8 Å². The molecule has 2 atom stereocenters. The predicted octanol–water partition coefficient (Wildman–Crippen LogP) is 4.54. The smallest absolute Gasteiger partial charge is 0.129 e. The summed E-state index contributed by atoms with van der Waals surface area (Å²) in [6.07, 6.45) is 14.0. The van der Waals surface area contributed by atoms with Crippen molar-refractivity contribution < 1.29 is 4.79 Å². The lowest BCUT2D eigenvalue weighted by Gasteiger charge is -2.01. The van der Waals surface area contributed by atoms with E-state index in [1.165, 1.54) is 19.3 Å². The summed E-state index contributed by atoms with van der Waals surface area (Å²) in [5, 5.41) is 0. The first-order chi connectivity index (χ1) is 9.08. The number of carbonyl (C=O) groups is 1. The van der Waals surface area contributed by atoms with Gasteiger partial charge in [-0.05, 0) is 37.7 Å². The van der Waals surface area contributed by atoms with E-state index in [1.807, 2.05) is 12.2 Å². The molecule has 1 nitrogen and oxygen atoms in total. The number of carbonyl (C=O) groups excluding carboxylic acids is 1. The fourth-order valence-electron chi connectivity index (χ4n) is 2.00. The number of rotatable bonds is 7. The Balaban J connectivity index is 2.17. The monoisotopic (exact) mass is 258 g/mol. The van der Waals surface area contributed by atoms with Crippen LogP contribution in [0.15, 0.2) is 24.3 Å². The first-order valence-corrected chi connectivity index (χ1v) is 7.41. The summed E-state index contributed by atoms with van der Waals surface area (Å²) >= 11 is 0. The van der Waals surface area contributed by atoms with Crippen molar-refractivity contribution in [1.82, 2.24) is 0 Å². The van der Waals surface area contributed by atoms with E-state index >= 15 is 0 Å². The van der Waals surface area contributed by atoms with Gasteiger partial charge in [0.2, 0.25) is 0 Å². The minimum atomic E-state index is 0.247. The van der Waals surface area contributed by atoms with Gasteiger partial charge in [-0.3, -0.25) is 0 Å². The minimum absolute atomic E-state index is 0.247. The molecule has 0 aliphatic heterocycles. The second-order valence-corrected chi connectivity index (χ2v) is 5.83. The largest absolute Gasteiger partial charge is 0.300 e. The van der Waals surface area contributed by atoms with Gasteiger partial charge in [-0.25, -0.2) is 0 Å². The molecule has 1 saturated carbocycles. The van der Waals surface area contributed by atoms with Crippen molar-refractivity contribution in [3.63, 3.8) is 0 Å². The maximum atomic E-state index is 10.8. The molecule has 1 heteroatoms. The molecule has 0 unspecified atom stereocenters. The van der Waals surface area contributed by atoms with Crippen LogP contribution in [-0.2, 0) is 4.79 Å². The molecule has 0 heterocycles. The number of allylic oxidation sites excluding steroid dienone is 4. The summed E-state index contributed by atoms with van der Waals surface area (Å²) in [7, 11) is 0. The SMILES string of the molecule is CC(=O)CC[C@H](C)C#C/C=C/C=C/[C@H](C)CC1CC1. The Morgan fingerprint density at radius 3 is 2.68 bits per heavy atom. The van der Waals surface area contributed by atoms with Crippen LogP contribution in [0, 0.1) is 29.6 Å². The van der Waals surface area contributed by atoms with E-state index in [-0.39, 0.29) is 5.78 Å². The van der Waals surface area contributed by atoms with Gasteiger partial charge in [0.15, 0.2) is 0 Å². The average Bonchev–Trinajstić information content (AvgIpc) is 3.14. The van der Waals surface area contributed by atoms with Gasteiger partial charge in [-0.1, -0.05) is 56.8 Å². The molecular formula is C18H26O. The van der Waals surface area contributed by atoms with Gasteiger partial charge in [0.1, 0.15) is 5.78 Å². The third kappa shape index (κ3) is 9.31. The van der Waals surface area contributed by atoms with Gasteiger partial charge in [0.25, 0.3) is 0 Å². The van der Waals surface area contributed by atoms with Crippen molar-refractivity contribution in [2.24, 2.45) is 17.8 Å². The molecule has 19 heavy (non-hydrogen) atoms. The van der Waals surface area contributed by atoms with Crippen LogP contribution in [-0.4, -0.2) is 5.78 Å². The Kier molecular flexibility index (Phi) is 7.26. The zero-order valence-corrected chi connectivity index (χ0v) is 12.5. The van der Waals surface area contributed by atoms with Crippen LogP contribution in [0.25, 0.3) is 0 Å². The molecule has 104 valence electrons. The second-order valence-electron chi connectivity index (χ2n) is 5.83. The molecule has 1 aliphatic carbocycles. The molecule has 0 aromatic carbocycles. The summed E-state index contributed by atoms with van der Waals surface area (Å²) in [4.78, 5) is 10.8. The van der Waals surface area contributed by atoms with E-state index < -0.39 is 0 Å². The number of ketones is 1. The normalized spacial score (nSPS) is 18.3. The highest BCUT2D eigenvalue weighted by Gasteiger charge is 2.22. The molecule has 0 radical (unpaired) electrons. The molecule has 0 spiro atoms. The fraction of sp³-hybridized carbons (Fsp3) is 0.611. The summed E-state index contributed by atoms with van der Waals surface area (Å²) in [6, 6.07) is 0. The third-order valence-corrected chi connectivity index (χ3v) is 3.39. The lowest BCUT2D eigenvalue weighted by Crippen LogP contribution is -1.95. The van der Waals surface area contributed by atoms with Crippen molar-refractivity contribution in [2.75, 3.05) is 0 Å². The minimum Gasteiger partial charge on any atom is -0.300 e. The molecule has 0 N–H and O–H groups in total. The molecule has 0 amide bonds. The summed E-state index contributed by atoms with van der Waals surface area (Å²) in [5.74, 6) is 8.40. The maximum absolute atomic E-state index is 10.8. The van der Waals surface area contributed by atoms with Crippen molar-refractivity contribution >= 4 is 5.78 Å². The molecule has 0 aromatic rings. The van der Waals surface area contributed by atoms with Crippen LogP contribution in [0.1, 0.15) is 52.9 Å². The first kappa shape index (κ1) is 15.8. The van der Waals surface area contributed by atoms with Gasteiger partial charge in [-0.15, -0.1) is 0 Å². The second kappa shape index (κ2) is 8.75. The van der Waals surface area contributed by atoms with Crippen LogP contribution in [0.5, 0.6) is 0 Å². The fourth-order valence-corrected chi connectivity index (χ4v) is 2.00. The summed E-state index contributed by atoms with van der Waals surface area (Å²) in [6.45, 7) is 5.98. The van der Waals surface area contributed by atoms with Crippen LogP contribution < -0.4 is 0 Å². The van der Waals surface area contributed by atoms with Crippen LogP contribution in [0.3, 0.4) is 0 Å². The molecular weight excluding hydrogens is 232 g/mol. The number of hydrogen-bond acceptors (Lipinski definition) is 1. The van der Waals surface area contributed by atoms with Crippen LogP contribution in [0.4, 0.5) is 0 Å². The first-order valence-electron chi connectivity index (χ1n) is 7.41. The Labute approximate surface area is 118 Å². The molecule has 0 aromatic heterocycles. The maximum Gasteiger partial charge on any atom is 0.129 e. The van der Waals surface area contributed by atoms with Gasteiger partial charge in [0.05, 0.1) is 0 Å². The highest BCUT2D eigenvalue weighted by molar-refractivity contribution is 5.75. The summed E-state index contributed by atoms with van der Waals surface area (Å²) in [5.41, 5.74) is 0. The van der Waals surface area contributed by atoms with E-state index in [1.54, 1.807) is 6.92 Å². The Bertz CT molecular complexity index is 388.